The Hall–Kier alpha value is -2.60. The van der Waals surface area contributed by atoms with Crippen LogP contribution in [-0.4, -0.2) is 48.6 Å². The first-order valence-electron chi connectivity index (χ1n) is 9.59. The summed E-state index contributed by atoms with van der Waals surface area (Å²) in [5, 5.41) is 3.13. The Labute approximate surface area is 162 Å². The number of aliphatic imine (C=N–C) groups is 1. The molecule has 0 unspecified atom stereocenters. The summed E-state index contributed by atoms with van der Waals surface area (Å²) in [5.74, 6) is 1.30. The molecule has 27 heavy (non-hydrogen) atoms. The number of hydrogen-bond donors (Lipinski definition) is 2. The van der Waals surface area contributed by atoms with Gasteiger partial charge in [0.2, 0.25) is 0 Å². The number of rotatable bonds is 11. The molecule has 146 valence electrons. The van der Waals surface area contributed by atoms with E-state index in [2.05, 4.69) is 34.0 Å². The lowest BCUT2D eigenvalue weighted by atomic mass is 10.2. The van der Waals surface area contributed by atoms with Crippen molar-refractivity contribution >= 4 is 5.96 Å². The van der Waals surface area contributed by atoms with Gasteiger partial charge in [0.1, 0.15) is 12.4 Å². The van der Waals surface area contributed by atoms with Gasteiger partial charge in [0.05, 0.1) is 6.54 Å². The van der Waals surface area contributed by atoms with E-state index in [1.165, 1.54) is 0 Å². The second kappa shape index (κ2) is 11.9. The molecule has 0 atom stereocenters. The highest BCUT2D eigenvalue weighted by atomic mass is 16.5. The van der Waals surface area contributed by atoms with Crippen molar-refractivity contribution in [3.8, 4) is 5.75 Å². The number of benzene rings is 1. The van der Waals surface area contributed by atoms with Crippen molar-refractivity contribution in [2.45, 2.75) is 26.8 Å². The van der Waals surface area contributed by atoms with Crippen molar-refractivity contribution in [3.05, 3.63) is 59.9 Å². The minimum absolute atomic E-state index is 0.434. The van der Waals surface area contributed by atoms with E-state index < -0.39 is 0 Å². The molecule has 3 N–H and O–H groups in total. The summed E-state index contributed by atoms with van der Waals surface area (Å²) in [7, 11) is 0. The van der Waals surface area contributed by atoms with Gasteiger partial charge in [-0.1, -0.05) is 38.1 Å². The van der Waals surface area contributed by atoms with Gasteiger partial charge in [-0.25, -0.2) is 4.99 Å². The molecule has 6 nitrogen and oxygen atoms in total. The number of ether oxygens (including phenoxy) is 1. The number of hydrogen-bond acceptors (Lipinski definition) is 4. The van der Waals surface area contributed by atoms with Crippen LogP contribution in [0.4, 0.5) is 0 Å². The molecule has 0 spiro atoms. The maximum atomic E-state index is 5.98. The molecule has 1 heterocycles. The van der Waals surface area contributed by atoms with E-state index in [0.29, 0.717) is 25.7 Å². The number of pyridine rings is 1. The Morgan fingerprint density at radius 2 is 1.93 bits per heavy atom. The fourth-order valence-corrected chi connectivity index (χ4v) is 2.69. The third-order valence-electron chi connectivity index (χ3n) is 4.37. The van der Waals surface area contributed by atoms with Crippen molar-refractivity contribution in [2.24, 2.45) is 10.7 Å². The molecule has 0 amide bonds. The lowest BCUT2D eigenvalue weighted by Gasteiger charge is -2.18. The summed E-state index contributed by atoms with van der Waals surface area (Å²) < 4.78 is 5.96. The van der Waals surface area contributed by atoms with Crippen LogP contribution in [0.3, 0.4) is 0 Å². The number of nitrogens with zero attached hydrogens (tertiary/aromatic N) is 3. The summed E-state index contributed by atoms with van der Waals surface area (Å²) in [6, 6.07) is 13.9. The molecular weight excluding hydrogens is 338 g/mol. The predicted molar refractivity (Wildman–Crippen MR) is 111 cm³/mol. The predicted octanol–water partition coefficient (Wildman–Crippen LogP) is 2.45. The molecule has 1 aromatic carbocycles. The zero-order chi connectivity index (χ0) is 19.3. The second-order valence-electron chi connectivity index (χ2n) is 6.18. The lowest BCUT2D eigenvalue weighted by molar-refractivity contribution is 0.221. The maximum Gasteiger partial charge on any atom is 0.188 e. The minimum Gasteiger partial charge on any atom is -0.492 e. The van der Waals surface area contributed by atoms with Gasteiger partial charge < -0.3 is 20.7 Å². The number of guanidine groups is 1. The van der Waals surface area contributed by atoms with E-state index in [4.69, 9.17) is 10.5 Å². The minimum atomic E-state index is 0.434. The molecule has 0 aliphatic carbocycles. The first-order chi connectivity index (χ1) is 13.2. The normalized spacial score (nSPS) is 11.6. The zero-order valence-corrected chi connectivity index (χ0v) is 16.4. The van der Waals surface area contributed by atoms with Gasteiger partial charge in [0, 0.05) is 37.0 Å². The molecule has 0 saturated heterocycles. The Balaban J connectivity index is 1.80. The van der Waals surface area contributed by atoms with Gasteiger partial charge >= 0.3 is 0 Å². The summed E-state index contributed by atoms with van der Waals surface area (Å²) in [6.07, 6.45) is 2.60. The van der Waals surface area contributed by atoms with E-state index in [9.17, 15) is 0 Å². The molecule has 6 heteroatoms. The van der Waals surface area contributed by atoms with E-state index in [-0.39, 0.29) is 0 Å². The van der Waals surface area contributed by atoms with Crippen LogP contribution in [0.25, 0.3) is 0 Å². The van der Waals surface area contributed by atoms with Crippen molar-refractivity contribution < 1.29 is 4.74 Å². The highest BCUT2D eigenvalue weighted by Gasteiger charge is 2.04. The smallest absolute Gasteiger partial charge is 0.188 e. The molecule has 0 saturated carbocycles. The van der Waals surface area contributed by atoms with Crippen molar-refractivity contribution in [3.63, 3.8) is 0 Å². The summed E-state index contributed by atoms with van der Waals surface area (Å²) in [6.45, 7) is 9.17. The molecule has 0 fully saturated rings. The SMILES string of the molecule is CCN(CC)CCOc1ccccc1CN=C(N)NCCc1ccccn1. The third-order valence-corrected chi connectivity index (χ3v) is 4.37. The van der Waals surface area contributed by atoms with Gasteiger partial charge in [0.15, 0.2) is 5.96 Å². The van der Waals surface area contributed by atoms with Gasteiger partial charge in [-0.2, -0.15) is 0 Å². The average Bonchev–Trinajstić information content (AvgIpc) is 2.71. The van der Waals surface area contributed by atoms with E-state index in [0.717, 1.165) is 43.1 Å². The quantitative estimate of drug-likeness (QED) is 0.470. The zero-order valence-electron chi connectivity index (χ0n) is 16.4. The van der Waals surface area contributed by atoms with Gasteiger partial charge in [0.25, 0.3) is 0 Å². The lowest BCUT2D eigenvalue weighted by Crippen LogP contribution is -2.33. The van der Waals surface area contributed by atoms with Crippen molar-refractivity contribution in [1.82, 2.24) is 15.2 Å². The standard InChI is InChI=1S/C21H31N5O/c1-3-26(4-2)15-16-27-20-11-6-5-9-18(20)17-25-21(22)24-14-12-19-10-7-8-13-23-19/h5-11,13H,3-4,12,14-17H2,1-2H3,(H3,22,24,25). The molecule has 0 aliphatic heterocycles. The number of nitrogens with one attached hydrogen (secondary N) is 1. The van der Waals surface area contributed by atoms with Crippen LogP contribution in [0.5, 0.6) is 5.75 Å². The van der Waals surface area contributed by atoms with Crippen LogP contribution in [0.2, 0.25) is 0 Å². The number of para-hydroxylation sites is 1. The monoisotopic (exact) mass is 369 g/mol. The summed E-state index contributed by atoms with van der Waals surface area (Å²) >= 11 is 0. The molecule has 0 aliphatic rings. The van der Waals surface area contributed by atoms with Crippen LogP contribution in [-0.2, 0) is 13.0 Å². The van der Waals surface area contributed by atoms with E-state index in [1.54, 1.807) is 6.20 Å². The van der Waals surface area contributed by atoms with Crippen molar-refractivity contribution in [1.29, 1.82) is 0 Å². The van der Waals surface area contributed by atoms with E-state index >= 15 is 0 Å². The van der Waals surface area contributed by atoms with Gasteiger partial charge in [-0.3, -0.25) is 4.98 Å². The van der Waals surface area contributed by atoms with Crippen LogP contribution in [0, 0.1) is 0 Å². The molecule has 0 bridgehead atoms. The maximum absolute atomic E-state index is 5.98. The number of aromatic nitrogens is 1. The average molecular weight is 370 g/mol. The largest absolute Gasteiger partial charge is 0.492 e. The highest BCUT2D eigenvalue weighted by molar-refractivity contribution is 5.77. The molecular formula is C21H31N5O. The first kappa shape index (κ1) is 20.7. The number of likely N-dealkylation sites (N-methyl/N-ethyl adjacent to an activating group) is 1. The van der Waals surface area contributed by atoms with Gasteiger partial charge in [-0.05, 0) is 31.3 Å². The van der Waals surface area contributed by atoms with Crippen LogP contribution in [0.15, 0.2) is 53.7 Å². The van der Waals surface area contributed by atoms with Gasteiger partial charge in [-0.15, -0.1) is 0 Å². The second-order valence-corrected chi connectivity index (χ2v) is 6.18. The van der Waals surface area contributed by atoms with E-state index in [1.807, 2.05) is 42.5 Å². The molecule has 0 radical (unpaired) electrons. The summed E-state index contributed by atoms with van der Waals surface area (Å²) in [5.41, 5.74) is 8.05. The molecule has 1 aromatic heterocycles. The number of nitrogens with two attached hydrogens (primary N) is 1. The molecule has 2 aromatic rings. The van der Waals surface area contributed by atoms with Crippen LogP contribution >= 0.6 is 0 Å². The Morgan fingerprint density at radius 1 is 1.15 bits per heavy atom. The topological polar surface area (TPSA) is 75.8 Å². The Kier molecular flexibility index (Phi) is 9.13. The first-order valence-corrected chi connectivity index (χ1v) is 9.59. The highest BCUT2D eigenvalue weighted by Crippen LogP contribution is 2.18. The third kappa shape index (κ3) is 7.66. The van der Waals surface area contributed by atoms with Crippen LogP contribution < -0.4 is 15.8 Å². The van der Waals surface area contributed by atoms with Crippen molar-refractivity contribution in [2.75, 3.05) is 32.8 Å². The Morgan fingerprint density at radius 3 is 2.67 bits per heavy atom. The fourth-order valence-electron chi connectivity index (χ4n) is 2.69. The summed E-state index contributed by atoms with van der Waals surface area (Å²) in [4.78, 5) is 11.1. The Bertz CT molecular complexity index is 686. The molecule has 2 rings (SSSR count). The van der Waals surface area contributed by atoms with Crippen LogP contribution in [0.1, 0.15) is 25.1 Å². The fraction of sp³-hybridized carbons (Fsp3) is 0.429.